The summed E-state index contributed by atoms with van der Waals surface area (Å²) in [6, 6.07) is 45.2. The second-order valence-corrected chi connectivity index (χ2v) is 10.5. The first-order chi connectivity index (χ1) is 19.8. The van der Waals surface area contributed by atoms with E-state index >= 15 is 0 Å². The summed E-state index contributed by atoms with van der Waals surface area (Å²) in [5, 5.41) is 10.6. The Balaban J connectivity index is 1.43. The van der Waals surface area contributed by atoms with Crippen LogP contribution in [0.5, 0.6) is 0 Å². The summed E-state index contributed by atoms with van der Waals surface area (Å²) in [7, 11) is 0. The number of benzene rings is 7. The fourth-order valence-electron chi connectivity index (χ4n) is 6.56. The van der Waals surface area contributed by atoms with Crippen LogP contribution < -0.4 is 0 Å². The summed E-state index contributed by atoms with van der Waals surface area (Å²) in [5.41, 5.74) is 7.28. The van der Waals surface area contributed by atoms with Gasteiger partial charge in [0, 0.05) is 21.9 Å². The van der Waals surface area contributed by atoms with Crippen molar-refractivity contribution in [1.82, 2.24) is 0 Å². The van der Waals surface area contributed by atoms with Crippen LogP contribution in [0.25, 0.3) is 87.5 Å². The monoisotopic (exact) mass is 510 g/mol. The van der Waals surface area contributed by atoms with E-state index in [0.29, 0.717) is 0 Å². The molecule has 7 aromatic carbocycles. The van der Waals surface area contributed by atoms with E-state index in [-0.39, 0.29) is 0 Å². The summed E-state index contributed by atoms with van der Waals surface area (Å²) in [5.74, 6) is 0. The first-order valence-electron chi connectivity index (χ1n) is 13.6. The van der Waals surface area contributed by atoms with Gasteiger partial charge in [-0.3, -0.25) is 0 Å². The molecule has 9 aromatic rings. The van der Waals surface area contributed by atoms with Crippen LogP contribution in [0.4, 0.5) is 0 Å². The average Bonchev–Trinajstić information content (AvgIpc) is 3.61. The molecule has 0 amide bonds. The van der Waals surface area contributed by atoms with Crippen LogP contribution in [0.2, 0.25) is 0 Å². The lowest BCUT2D eigenvalue weighted by molar-refractivity contribution is 0.616. The molecule has 9 rings (SSSR count). The summed E-state index contributed by atoms with van der Waals surface area (Å²) in [6.45, 7) is 0. The minimum Gasteiger partial charge on any atom is -0.464 e. The van der Waals surface area contributed by atoms with Crippen molar-refractivity contribution in [3.8, 4) is 22.3 Å². The molecule has 2 aromatic heterocycles. The highest BCUT2D eigenvalue weighted by Crippen LogP contribution is 2.48. The van der Waals surface area contributed by atoms with Gasteiger partial charge in [-0.1, -0.05) is 103 Å². The van der Waals surface area contributed by atoms with E-state index in [9.17, 15) is 0 Å². The van der Waals surface area contributed by atoms with Gasteiger partial charge in [0.25, 0.3) is 0 Å². The predicted molar refractivity (Wildman–Crippen MR) is 167 cm³/mol. The molecule has 0 saturated heterocycles. The highest BCUT2D eigenvalue weighted by atomic mass is 16.3. The molecular formula is C38H22O2. The number of fused-ring (bicyclic) bond motifs is 8. The molecule has 2 nitrogen and oxygen atoms in total. The quantitative estimate of drug-likeness (QED) is 0.216. The lowest BCUT2D eigenvalue weighted by Gasteiger charge is -2.17. The van der Waals surface area contributed by atoms with E-state index in [1.165, 1.54) is 49.0 Å². The third-order valence-corrected chi connectivity index (χ3v) is 8.32. The van der Waals surface area contributed by atoms with E-state index in [4.69, 9.17) is 8.83 Å². The third-order valence-electron chi connectivity index (χ3n) is 8.32. The smallest absolute Gasteiger partial charge is 0.147 e. The molecule has 186 valence electrons. The van der Waals surface area contributed by atoms with Crippen LogP contribution in [-0.4, -0.2) is 0 Å². The fraction of sp³-hybridized carbons (Fsp3) is 0. The van der Waals surface area contributed by atoms with Gasteiger partial charge in [-0.2, -0.15) is 0 Å². The van der Waals surface area contributed by atoms with E-state index in [1.54, 1.807) is 0 Å². The number of para-hydroxylation sites is 1. The molecule has 40 heavy (non-hydrogen) atoms. The van der Waals surface area contributed by atoms with Crippen LogP contribution in [0, 0.1) is 0 Å². The molecule has 2 heterocycles. The summed E-state index contributed by atoms with van der Waals surface area (Å²) < 4.78 is 12.7. The first-order valence-corrected chi connectivity index (χ1v) is 13.6. The zero-order valence-corrected chi connectivity index (χ0v) is 21.5. The molecule has 0 N–H and O–H groups in total. The van der Waals surface area contributed by atoms with Crippen LogP contribution in [-0.2, 0) is 0 Å². The van der Waals surface area contributed by atoms with Crippen molar-refractivity contribution in [1.29, 1.82) is 0 Å². The van der Waals surface area contributed by atoms with E-state index in [0.717, 1.165) is 38.5 Å². The maximum absolute atomic E-state index is 6.48. The molecule has 2 heteroatoms. The standard InChI is InChI=1S/C38H22O2/c1-2-10-24-21-25(18-17-23(24)9-1)35-27-12-3-5-14-29(27)36(30-15-6-4-13-28(30)35)32-22-39-34-20-19-31-26-11-7-8-16-33(26)40-38(31)37(32)34/h1-22H. The van der Waals surface area contributed by atoms with E-state index < -0.39 is 0 Å². The summed E-state index contributed by atoms with van der Waals surface area (Å²) in [4.78, 5) is 0. The van der Waals surface area contributed by atoms with Gasteiger partial charge >= 0.3 is 0 Å². The molecule has 0 unspecified atom stereocenters. The van der Waals surface area contributed by atoms with Crippen LogP contribution in [0.3, 0.4) is 0 Å². The maximum Gasteiger partial charge on any atom is 0.147 e. The van der Waals surface area contributed by atoms with Crippen molar-refractivity contribution < 1.29 is 8.83 Å². The number of hydrogen-bond donors (Lipinski definition) is 0. The second-order valence-electron chi connectivity index (χ2n) is 10.5. The van der Waals surface area contributed by atoms with Gasteiger partial charge in [0.15, 0.2) is 0 Å². The maximum atomic E-state index is 6.48. The molecule has 0 saturated carbocycles. The highest BCUT2D eigenvalue weighted by molar-refractivity contribution is 6.26. The molecule has 0 spiro atoms. The zero-order valence-electron chi connectivity index (χ0n) is 21.5. The van der Waals surface area contributed by atoms with Crippen molar-refractivity contribution in [2.75, 3.05) is 0 Å². The lowest BCUT2D eigenvalue weighted by atomic mass is 9.85. The molecule has 0 fully saturated rings. The Labute approximate surface area is 229 Å². The Morgan fingerprint density at radius 3 is 1.80 bits per heavy atom. The number of hydrogen-bond acceptors (Lipinski definition) is 2. The van der Waals surface area contributed by atoms with Crippen LogP contribution in [0.15, 0.2) is 142 Å². The van der Waals surface area contributed by atoms with Crippen LogP contribution >= 0.6 is 0 Å². The normalized spacial score (nSPS) is 12.0. The van der Waals surface area contributed by atoms with Gasteiger partial charge in [0.05, 0.1) is 11.6 Å². The topological polar surface area (TPSA) is 26.3 Å². The van der Waals surface area contributed by atoms with Gasteiger partial charge < -0.3 is 8.83 Å². The Hall–Kier alpha value is -5.34. The Morgan fingerprint density at radius 2 is 1.05 bits per heavy atom. The summed E-state index contributed by atoms with van der Waals surface area (Å²) in [6.07, 6.45) is 1.90. The van der Waals surface area contributed by atoms with Crippen molar-refractivity contribution in [2.24, 2.45) is 0 Å². The van der Waals surface area contributed by atoms with E-state index in [1.807, 2.05) is 18.4 Å². The van der Waals surface area contributed by atoms with Gasteiger partial charge in [-0.25, -0.2) is 0 Å². The average molecular weight is 511 g/mol. The molecule has 0 aliphatic carbocycles. The Bertz CT molecular complexity index is 2380. The van der Waals surface area contributed by atoms with Crippen molar-refractivity contribution in [3.63, 3.8) is 0 Å². The van der Waals surface area contributed by atoms with Gasteiger partial charge in [0.1, 0.15) is 16.7 Å². The summed E-state index contributed by atoms with van der Waals surface area (Å²) >= 11 is 0. The third kappa shape index (κ3) is 2.93. The highest BCUT2D eigenvalue weighted by Gasteiger charge is 2.22. The zero-order chi connectivity index (χ0) is 26.2. The van der Waals surface area contributed by atoms with Crippen LogP contribution in [0.1, 0.15) is 0 Å². The molecular weight excluding hydrogens is 488 g/mol. The molecule has 0 atom stereocenters. The van der Waals surface area contributed by atoms with Gasteiger partial charge in [-0.15, -0.1) is 0 Å². The molecule has 0 bridgehead atoms. The van der Waals surface area contributed by atoms with Gasteiger partial charge in [0.2, 0.25) is 0 Å². The lowest BCUT2D eigenvalue weighted by Crippen LogP contribution is -1.90. The minimum atomic E-state index is 0.827. The second kappa shape index (κ2) is 8.08. The largest absolute Gasteiger partial charge is 0.464 e. The molecule has 0 aliphatic rings. The Morgan fingerprint density at radius 1 is 0.425 bits per heavy atom. The Kier molecular flexibility index (Phi) is 4.36. The number of furan rings is 2. The van der Waals surface area contributed by atoms with E-state index in [2.05, 4.69) is 115 Å². The molecule has 0 aliphatic heterocycles. The van der Waals surface area contributed by atoms with Gasteiger partial charge in [-0.05, 0) is 67.7 Å². The van der Waals surface area contributed by atoms with Crippen molar-refractivity contribution in [3.05, 3.63) is 134 Å². The minimum absolute atomic E-state index is 0.827. The molecule has 0 radical (unpaired) electrons. The fourth-order valence-corrected chi connectivity index (χ4v) is 6.56. The SMILES string of the molecule is c1ccc2cc(-c3c4ccccc4c(-c4coc5ccc6c7ccccc7oc6c45)c4ccccc34)ccc2c1. The number of rotatable bonds is 2. The van der Waals surface area contributed by atoms with Crippen molar-refractivity contribution >= 4 is 65.2 Å². The van der Waals surface area contributed by atoms with Crippen molar-refractivity contribution in [2.45, 2.75) is 0 Å². The first kappa shape index (κ1) is 21.6. The predicted octanol–water partition coefficient (Wildman–Crippen LogP) is 11.1.